The zero-order valence-corrected chi connectivity index (χ0v) is 11.5. The van der Waals surface area contributed by atoms with Gasteiger partial charge in [-0.2, -0.15) is 0 Å². The van der Waals surface area contributed by atoms with E-state index in [1.54, 1.807) is 12.3 Å². The van der Waals surface area contributed by atoms with Crippen LogP contribution >= 0.6 is 22.9 Å². The first-order valence-corrected chi connectivity index (χ1v) is 6.63. The van der Waals surface area contributed by atoms with Crippen LogP contribution in [-0.4, -0.2) is 10.5 Å². The van der Waals surface area contributed by atoms with Crippen molar-refractivity contribution in [1.29, 1.82) is 0 Å². The number of rotatable bonds is 3. The Morgan fingerprint density at radius 1 is 1.53 bits per heavy atom. The molecule has 0 bridgehead atoms. The topological polar surface area (TPSA) is 51.1 Å². The number of carbonyl (C=O) groups is 1. The fraction of sp³-hybridized carbons (Fsp3) is 0.167. The average Bonchev–Trinajstić information content (AvgIpc) is 2.65. The highest BCUT2D eigenvalue weighted by atomic mass is 35.5. The zero-order chi connectivity index (χ0) is 14.0. The lowest BCUT2D eigenvalue weighted by Crippen LogP contribution is -2.25. The number of nitrogens with one attached hydrogen (secondary N) is 1. The molecular weight excluding hydrogens is 291 g/mol. The van der Waals surface area contributed by atoms with E-state index in [1.165, 1.54) is 16.7 Å². The normalized spacial score (nSPS) is 10.5. The maximum atomic E-state index is 13.5. The molecule has 1 aromatic carbocycles. The number of nitrogens with zero attached hydrogens (tertiary/aromatic N) is 1. The second-order valence-corrected chi connectivity index (χ2v) is 5.16. The van der Waals surface area contributed by atoms with E-state index in [1.807, 2.05) is 0 Å². The summed E-state index contributed by atoms with van der Waals surface area (Å²) in [6.45, 7) is 1.59. The van der Waals surface area contributed by atoms with Gasteiger partial charge in [0.1, 0.15) is 12.4 Å². The molecule has 0 atom stereocenters. The number of aryl methyl sites for hydroxylation is 1. The van der Waals surface area contributed by atoms with Gasteiger partial charge in [-0.25, -0.2) is 4.39 Å². The summed E-state index contributed by atoms with van der Waals surface area (Å²) in [4.78, 5) is 23.0. The first-order valence-electron chi connectivity index (χ1n) is 5.37. The molecule has 0 aliphatic rings. The standard InChI is InChI=1S/C12H10ClFN2O2S/c1-7-6-19-12(18)16(7)5-11(17)15-10-3-2-8(13)4-9(10)14/h2-4,6H,5H2,1H3,(H,15,17). The summed E-state index contributed by atoms with van der Waals surface area (Å²) in [6.07, 6.45) is 0. The number of thiazole rings is 1. The molecule has 100 valence electrons. The molecule has 2 aromatic rings. The highest BCUT2D eigenvalue weighted by Gasteiger charge is 2.11. The second-order valence-electron chi connectivity index (χ2n) is 3.90. The van der Waals surface area contributed by atoms with Crippen LogP contribution in [0.1, 0.15) is 5.69 Å². The lowest BCUT2D eigenvalue weighted by Gasteiger charge is -2.07. The number of anilines is 1. The van der Waals surface area contributed by atoms with Crippen LogP contribution in [-0.2, 0) is 11.3 Å². The minimum Gasteiger partial charge on any atom is -0.322 e. The van der Waals surface area contributed by atoms with Crippen molar-refractivity contribution in [2.75, 3.05) is 5.32 Å². The van der Waals surface area contributed by atoms with E-state index in [0.717, 1.165) is 17.4 Å². The van der Waals surface area contributed by atoms with Gasteiger partial charge in [0, 0.05) is 16.1 Å². The third-order valence-electron chi connectivity index (χ3n) is 2.48. The fourth-order valence-corrected chi connectivity index (χ4v) is 2.41. The van der Waals surface area contributed by atoms with Gasteiger partial charge in [-0.15, -0.1) is 0 Å². The molecule has 0 aliphatic carbocycles. The molecular formula is C12H10ClFN2O2S. The third kappa shape index (κ3) is 3.21. The van der Waals surface area contributed by atoms with Gasteiger partial charge in [0.15, 0.2) is 0 Å². The summed E-state index contributed by atoms with van der Waals surface area (Å²) in [5, 5.41) is 4.32. The Morgan fingerprint density at radius 3 is 2.84 bits per heavy atom. The van der Waals surface area contributed by atoms with E-state index in [2.05, 4.69) is 5.32 Å². The molecule has 0 aliphatic heterocycles. The van der Waals surface area contributed by atoms with Crippen LogP contribution in [0.3, 0.4) is 0 Å². The predicted octanol–water partition coefficient (Wildman–Crippen LogP) is 2.65. The van der Waals surface area contributed by atoms with Crippen LogP contribution in [0.2, 0.25) is 5.02 Å². The first kappa shape index (κ1) is 13.8. The van der Waals surface area contributed by atoms with Gasteiger partial charge in [0.25, 0.3) is 0 Å². The quantitative estimate of drug-likeness (QED) is 0.947. The molecule has 1 N–H and O–H groups in total. The van der Waals surface area contributed by atoms with Crippen LogP contribution in [0.4, 0.5) is 10.1 Å². The summed E-state index contributed by atoms with van der Waals surface area (Å²) in [7, 11) is 0. The van der Waals surface area contributed by atoms with E-state index in [-0.39, 0.29) is 22.1 Å². The van der Waals surface area contributed by atoms with Crippen molar-refractivity contribution in [3.05, 3.63) is 49.8 Å². The minimum absolute atomic E-state index is 0.0373. The van der Waals surface area contributed by atoms with E-state index >= 15 is 0 Å². The number of aromatic nitrogens is 1. The monoisotopic (exact) mass is 300 g/mol. The molecule has 0 saturated carbocycles. The molecule has 1 amide bonds. The third-order valence-corrected chi connectivity index (χ3v) is 3.60. The number of halogens is 2. The molecule has 1 aromatic heterocycles. The maximum absolute atomic E-state index is 13.5. The van der Waals surface area contributed by atoms with E-state index in [9.17, 15) is 14.0 Å². The van der Waals surface area contributed by atoms with E-state index < -0.39 is 11.7 Å². The SMILES string of the molecule is Cc1csc(=O)n1CC(=O)Nc1ccc(Cl)cc1F. The largest absolute Gasteiger partial charge is 0.322 e. The highest BCUT2D eigenvalue weighted by molar-refractivity contribution is 7.07. The summed E-state index contributed by atoms with van der Waals surface area (Å²) >= 11 is 6.63. The van der Waals surface area contributed by atoms with Crippen molar-refractivity contribution in [2.45, 2.75) is 13.5 Å². The maximum Gasteiger partial charge on any atom is 0.307 e. The van der Waals surface area contributed by atoms with Crippen LogP contribution in [0.5, 0.6) is 0 Å². The smallest absolute Gasteiger partial charge is 0.307 e. The average molecular weight is 301 g/mol. The second kappa shape index (κ2) is 5.54. The number of benzene rings is 1. The Hall–Kier alpha value is -1.66. The number of hydrogen-bond donors (Lipinski definition) is 1. The van der Waals surface area contributed by atoms with Gasteiger partial charge in [-0.05, 0) is 25.1 Å². The van der Waals surface area contributed by atoms with Gasteiger partial charge in [-0.3, -0.25) is 14.2 Å². The summed E-state index contributed by atoms with van der Waals surface area (Å²) in [6, 6.07) is 3.96. The van der Waals surface area contributed by atoms with Gasteiger partial charge >= 0.3 is 4.87 Å². The molecule has 0 radical (unpaired) electrons. The van der Waals surface area contributed by atoms with Crippen LogP contribution < -0.4 is 10.2 Å². The van der Waals surface area contributed by atoms with Crippen molar-refractivity contribution >= 4 is 34.5 Å². The number of amides is 1. The Bertz CT molecular complexity index is 681. The van der Waals surface area contributed by atoms with Crippen LogP contribution in [0.25, 0.3) is 0 Å². The lowest BCUT2D eigenvalue weighted by atomic mass is 10.3. The van der Waals surface area contributed by atoms with Crippen molar-refractivity contribution in [1.82, 2.24) is 4.57 Å². The van der Waals surface area contributed by atoms with Gasteiger partial charge < -0.3 is 5.32 Å². The molecule has 4 nitrogen and oxygen atoms in total. The van der Waals surface area contributed by atoms with Crippen molar-refractivity contribution in [3.63, 3.8) is 0 Å². The fourth-order valence-electron chi connectivity index (χ4n) is 1.52. The van der Waals surface area contributed by atoms with Crippen molar-refractivity contribution in [3.8, 4) is 0 Å². The van der Waals surface area contributed by atoms with Crippen LogP contribution in [0.15, 0.2) is 28.4 Å². The summed E-state index contributed by atoms with van der Waals surface area (Å²) in [5.74, 6) is -1.08. The Morgan fingerprint density at radius 2 is 2.26 bits per heavy atom. The molecule has 0 spiro atoms. The minimum atomic E-state index is -0.616. The molecule has 2 rings (SSSR count). The number of carbonyl (C=O) groups excluding carboxylic acids is 1. The molecule has 0 fully saturated rings. The van der Waals surface area contributed by atoms with Gasteiger partial charge in [0.05, 0.1) is 5.69 Å². The molecule has 0 unspecified atom stereocenters. The summed E-state index contributed by atoms with van der Waals surface area (Å²) in [5.41, 5.74) is 0.733. The summed E-state index contributed by atoms with van der Waals surface area (Å²) < 4.78 is 14.8. The van der Waals surface area contributed by atoms with Crippen molar-refractivity contribution in [2.24, 2.45) is 0 Å². The molecule has 1 heterocycles. The predicted molar refractivity (Wildman–Crippen MR) is 73.4 cm³/mol. The molecule has 19 heavy (non-hydrogen) atoms. The zero-order valence-electron chi connectivity index (χ0n) is 9.94. The number of hydrogen-bond acceptors (Lipinski definition) is 3. The van der Waals surface area contributed by atoms with E-state index in [4.69, 9.17) is 11.6 Å². The molecule has 0 saturated heterocycles. The van der Waals surface area contributed by atoms with Gasteiger partial charge in [0.2, 0.25) is 5.91 Å². The first-order chi connectivity index (χ1) is 8.97. The highest BCUT2D eigenvalue weighted by Crippen LogP contribution is 2.18. The Labute approximate surface area is 117 Å². The van der Waals surface area contributed by atoms with Gasteiger partial charge in [-0.1, -0.05) is 22.9 Å². The van der Waals surface area contributed by atoms with Crippen LogP contribution in [0, 0.1) is 12.7 Å². The lowest BCUT2D eigenvalue weighted by molar-refractivity contribution is -0.116. The Balaban J connectivity index is 2.12. The van der Waals surface area contributed by atoms with Crippen molar-refractivity contribution < 1.29 is 9.18 Å². The molecule has 7 heteroatoms. The Kier molecular flexibility index (Phi) is 4.01. The van der Waals surface area contributed by atoms with E-state index in [0.29, 0.717) is 5.69 Å².